The molecule has 2 saturated heterocycles. The zero-order valence-corrected chi connectivity index (χ0v) is 16.5. The third kappa shape index (κ3) is 4.07. The third-order valence-corrected chi connectivity index (χ3v) is 6.14. The van der Waals surface area contributed by atoms with E-state index in [2.05, 4.69) is 4.98 Å². The number of piperidine rings is 1. The van der Waals surface area contributed by atoms with Crippen molar-refractivity contribution in [2.75, 3.05) is 30.3 Å². The van der Waals surface area contributed by atoms with Gasteiger partial charge >= 0.3 is 6.09 Å². The van der Waals surface area contributed by atoms with Crippen LogP contribution in [0.1, 0.15) is 37.4 Å². The van der Waals surface area contributed by atoms with Crippen LogP contribution in [0, 0.1) is 11.6 Å². The Kier molecular flexibility index (Phi) is 5.44. The molecule has 1 aromatic carbocycles. The summed E-state index contributed by atoms with van der Waals surface area (Å²) >= 11 is 1.35. The lowest BCUT2D eigenvalue weighted by atomic mass is 10.1. The molecule has 1 atom stereocenters. The van der Waals surface area contributed by atoms with Crippen LogP contribution in [0.4, 0.5) is 24.4 Å². The molecule has 0 unspecified atom stereocenters. The molecule has 2 fully saturated rings. The Hall–Kier alpha value is -2.62. The molecule has 1 aromatic heterocycles. The number of rotatable bonds is 4. The van der Waals surface area contributed by atoms with Gasteiger partial charge in [-0.3, -0.25) is 0 Å². The fraction of sp³-hybridized carbons (Fsp3) is 0.474. The van der Waals surface area contributed by atoms with Crippen molar-refractivity contribution in [2.45, 2.75) is 37.8 Å². The first kappa shape index (κ1) is 19.7. The molecule has 2 aromatic rings. The molecule has 0 aliphatic carbocycles. The number of aromatic nitrogens is 1. The smallest absolute Gasteiger partial charge is 0.407 e. The van der Waals surface area contributed by atoms with Gasteiger partial charge < -0.3 is 25.4 Å². The number of anilines is 2. The fourth-order valence-electron chi connectivity index (χ4n) is 3.99. The van der Waals surface area contributed by atoms with Gasteiger partial charge in [0.05, 0.1) is 11.7 Å². The summed E-state index contributed by atoms with van der Waals surface area (Å²) in [6, 6.07) is 2.52. The van der Waals surface area contributed by atoms with E-state index in [0.717, 1.165) is 18.5 Å². The van der Waals surface area contributed by atoms with Crippen LogP contribution in [0.5, 0.6) is 5.75 Å². The van der Waals surface area contributed by atoms with Gasteiger partial charge in [0.15, 0.2) is 22.5 Å². The predicted octanol–water partition coefficient (Wildman–Crippen LogP) is 3.87. The second-order valence-electron chi connectivity index (χ2n) is 7.29. The first-order chi connectivity index (χ1) is 13.9. The van der Waals surface area contributed by atoms with Crippen molar-refractivity contribution < 1.29 is 23.4 Å². The summed E-state index contributed by atoms with van der Waals surface area (Å²) in [5.41, 5.74) is 6.99. The van der Waals surface area contributed by atoms with Gasteiger partial charge in [-0.1, -0.05) is 0 Å². The van der Waals surface area contributed by atoms with Crippen molar-refractivity contribution in [3.05, 3.63) is 34.8 Å². The van der Waals surface area contributed by atoms with Crippen LogP contribution in [-0.2, 0) is 0 Å². The molecule has 3 heterocycles. The summed E-state index contributed by atoms with van der Waals surface area (Å²) in [6.07, 6.45) is 1.11. The molecule has 0 spiro atoms. The van der Waals surface area contributed by atoms with E-state index < -0.39 is 29.6 Å². The van der Waals surface area contributed by atoms with E-state index in [9.17, 15) is 13.6 Å². The molecule has 3 N–H and O–H groups in total. The van der Waals surface area contributed by atoms with Gasteiger partial charge in [-0.05, 0) is 12.8 Å². The number of likely N-dealkylation sites (tertiary alicyclic amines) is 1. The number of carboxylic acid groups (broad SMARTS) is 1. The molecule has 0 radical (unpaired) electrons. The Labute approximate surface area is 170 Å². The second-order valence-corrected chi connectivity index (χ2v) is 8.18. The first-order valence-electron chi connectivity index (χ1n) is 9.53. The SMILES string of the molecule is Nc1nc([C@H]2CCCN2c2cc(F)c(OC3CCN(C(=O)O)CC3)c(F)c2)cs1. The first-order valence-corrected chi connectivity index (χ1v) is 10.4. The highest BCUT2D eigenvalue weighted by Crippen LogP contribution is 2.39. The number of carbonyl (C=O) groups is 1. The van der Waals surface area contributed by atoms with Crippen molar-refractivity contribution in [2.24, 2.45) is 0 Å². The number of hydrogen-bond acceptors (Lipinski definition) is 6. The van der Waals surface area contributed by atoms with E-state index in [0.29, 0.717) is 30.2 Å². The minimum Gasteiger partial charge on any atom is -0.484 e. The van der Waals surface area contributed by atoms with Crippen LogP contribution >= 0.6 is 11.3 Å². The molecule has 2 aliphatic rings. The quantitative estimate of drug-likeness (QED) is 0.774. The summed E-state index contributed by atoms with van der Waals surface area (Å²) in [5, 5.41) is 11.3. The maximum atomic E-state index is 14.7. The van der Waals surface area contributed by atoms with Crippen molar-refractivity contribution in [3.63, 3.8) is 0 Å². The summed E-state index contributed by atoms with van der Waals surface area (Å²) < 4.78 is 35.0. The summed E-state index contributed by atoms with van der Waals surface area (Å²) in [7, 11) is 0. The maximum absolute atomic E-state index is 14.7. The highest BCUT2D eigenvalue weighted by Gasteiger charge is 2.30. The number of benzene rings is 1. The summed E-state index contributed by atoms with van der Waals surface area (Å²) in [6.45, 7) is 1.25. The lowest BCUT2D eigenvalue weighted by Crippen LogP contribution is -2.41. The van der Waals surface area contributed by atoms with Crippen LogP contribution in [0.3, 0.4) is 0 Å². The van der Waals surface area contributed by atoms with Gasteiger partial charge in [-0.15, -0.1) is 11.3 Å². The van der Waals surface area contributed by atoms with E-state index in [1.54, 1.807) is 0 Å². The van der Waals surface area contributed by atoms with Gasteiger partial charge in [0, 0.05) is 55.7 Å². The third-order valence-electron chi connectivity index (χ3n) is 5.45. The Morgan fingerprint density at radius 3 is 2.48 bits per heavy atom. The van der Waals surface area contributed by atoms with Gasteiger partial charge in [0.2, 0.25) is 0 Å². The number of nitrogens with zero attached hydrogens (tertiary/aromatic N) is 3. The molecular formula is C19H22F2N4O3S. The second kappa shape index (κ2) is 8.02. The number of hydrogen-bond donors (Lipinski definition) is 2. The standard InChI is InChI=1S/C19H22F2N4O3S/c20-13-8-11(25-5-1-2-16(25)15-10-29-18(22)23-15)9-14(21)17(13)28-12-3-6-24(7-4-12)19(26)27/h8-10,12,16H,1-7H2,(H2,22,23)(H,26,27)/t16-/m1/s1. The topological polar surface area (TPSA) is 91.9 Å². The van der Waals surface area contributed by atoms with E-state index in [4.69, 9.17) is 15.6 Å². The number of nitrogens with two attached hydrogens (primary N) is 1. The van der Waals surface area contributed by atoms with Crippen LogP contribution in [-0.4, -0.2) is 46.8 Å². The van der Waals surface area contributed by atoms with Crippen molar-refractivity contribution in [3.8, 4) is 5.75 Å². The fourth-order valence-corrected chi connectivity index (χ4v) is 4.60. The van der Waals surface area contributed by atoms with Crippen molar-refractivity contribution in [1.82, 2.24) is 9.88 Å². The molecule has 29 heavy (non-hydrogen) atoms. The normalized spacial score (nSPS) is 20.3. The van der Waals surface area contributed by atoms with Crippen molar-refractivity contribution >= 4 is 28.2 Å². The minimum absolute atomic E-state index is 0.0607. The number of nitrogen functional groups attached to an aromatic ring is 1. The molecule has 1 amide bonds. The number of amides is 1. The Bertz CT molecular complexity index is 878. The molecule has 2 aliphatic heterocycles. The van der Waals surface area contributed by atoms with Crippen LogP contribution in [0.2, 0.25) is 0 Å². The number of ether oxygens (including phenoxy) is 1. The van der Waals surface area contributed by atoms with Crippen LogP contribution in [0.25, 0.3) is 0 Å². The summed E-state index contributed by atoms with van der Waals surface area (Å²) in [5.74, 6) is -1.93. The summed E-state index contributed by atoms with van der Waals surface area (Å²) in [4.78, 5) is 18.5. The molecule has 0 saturated carbocycles. The van der Waals surface area contributed by atoms with E-state index in [1.165, 1.54) is 28.4 Å². The Balaban J connectivity index is 1.49. The number of thiazole rings is 1. The zero-order chi connectivity index (χ0) is 20.5. The Morgan fingerprint density at radius 1 is 1.21 bits per heavy atom. The van der Waals surface area contributed by atoms with Crippen LogP contribution < -0.4 is 15.4 Å². The van der Waals surface area contributed by atoms with Gasteiger partial charge in [0.1, 0.15) is 6.10 Å². The average Bonchev–Trinajstić information content (AvgIpc) is 3.33. The predicted molar refractivity (Wildman–Crippen MR) is 105 cm³/mol. The largest absolute Gasteiger partial charge is 0.484 e. The van der Waals surface area contributed by atoms with E-state index in [1.807, 2.05) is 10.3 Å². The maximum Gasteiger partial charge on any atom is 0.407 e. The highest BCUT2D eigenvalue weighted by atomic mass is 32.1. The van der Waals surface area contributed by atoms with Crippen molar-refractivity contribution in [1.29, 1.82) is 0 Å². The average molecular weight is 424 g/mol. The van der Waals surface area contributed by atoms with Gasteiger partial charge in [-0.25, -0.2) is 18.6 Å². The molecule has 0 bridgehead atoms. The lowest BCUT2D eigenvalue weighted by Gasteiger charge is -2.31. The Morgan fingerprint density at radius 2 is 1.90 bits per heavy atom. The van der Waals surface area contributed by atoms with E-state index >= 15 is 0 Å². The molecule has 4 rings (SSSR count). The monoisotopic (exact) mass is 424 g/mol. The van der Waals surface area contributed by atoms with Gasteiger partial charge in [-0.2, -0.15) is 0 Å². The minimum atomic E-state index is -0.993. The molecule has 7 nitrogen and oxygen atoms in total. The molecule has 10 heteroatoms. The molecule has 156 valence electrons. The molecular weight excluding hydrogens is 402 g/mol. The van der Waals surface area contributed by atoms with Crippen LogP contribution in [0.15, 0.2) is 17.5 Å². The lowest BCUT2D eigenvalue weighted by molar-refractivity contribution is 0.0847. The van der Waals surface area contributed by atoms with E-state index in [-0.39, 0.29) is 19.1 Å². The van der Waals surface area contributed by atoms with Gasteiger partial charge in [0.25, 0.3) is 0 Å². The zero-order valence-electron chi connectivity index (χ0n) is 15.7. The number of halogens is 2. The highest BCUT2D eigenvalue weighted by molar-refractivity contribution is 7.13.